The molecule has 6 nitrogen and oxygen atoms in total. The van der Waals surface area contributed by atoms with Crippen LogP contribution >= 0.6 is 0 Å². The van der Waals surface area contributed by atoms with Gasteiger partial charge < -0.3 is 14.9 Å². The van der Waals surface area contributed by atoms with Crippen molar-refractivity contribution in [2.75, 3.05) is 40.3 Å². The number of aliphatic hydroxyl groups excluding tert-OH is 1. The minimum Gasteiger partial charge on any atom is -0.396 e. The molecular weight excluding hydrogens is 421 g/mol. The van der Waals surface area contributed by atoms with Crippen LogP contribution in [0.2, 0.25) is 0 Å². The molecule has 1 N–H and O–H groups in total. The maximum atomic E-state index is 14.1. The number of nitrogens with zero attached hydrogens (tertiary/aromatic N) is 3. The third-order valence-electron chi connectivity index (χ3n) is 8.43. The molecule has 0 bridgehead atoms. The van der Waals surface area contributed by atoms with Crippen molar-refractivity contribution in [3.63, 3.8) is 0 Å². The van der Waals surface area contributed by atoms with E-state index in [4.69, 9.17) is 5.11 Å². The normalized spacial score (nSPS) is 28.1. The molecule has 7 heteroatoms. The van der Waals surface area contributed by atoms with Gasteiger partial charge in [-0.15, -0.1) is 0 Å². The first-order valence-corrected chi connectivity index (χ1v) is 12.4. The number of halogens is 1. The highest BCUT2D eigenvalue weighted by atomic mass is 19.1. The Hall–Kier alpha value is -1.99. The Balaban J connectivity index is 1.55. The summed E-state index contributed by atoms with van der Waals surface area (Å²) in [5.74, 6) is 0.347. The summed E-state index contributed by atoms with van der Waals surface area (Å²) in [6.45, 7) is 1.47. The number of rotatable bonds is 9. The monoisotopic (exact) mass is 459 g/mol. The van der Waals surface area contributed by atoms with Crippen LogP contribution in [0.25, 0.3) is 0 Å². The highest BCUT2D eigenvalue weighted by molar-refractivity contribution is 5.87. The third kappa shape index (κ3) is 4.67. The number of hydrogen-bond acceptors (Lipinski definition) is 4. The second kappa shape index (κ2) is 9.71. The average molecular weight is 460 g/mol. The number of Topliss-reactive ketones (excluding diaryl/α,β-unsaturated/α-hetero) is 1. The minimum absolute atomic E-state index is 0.00979. The smallest absolute Gasteiger partial charge is 0.321 e. The fourth-order valence-electron chi connectivity index (χ4n) is 6.11. The van der Waals surface area contributed by atoms with Crippen LogP contribution < -0.4 is 0 Å². The van der Waals surface area contributed by atoms with Gasteiger partial charge in [0.15, 0.2) is 5.78 Å². The molecule has 182 valence electrons. The Kier molecular flexibility index (Phi) is 7.10. The van der Waals surface area contributed by atoms with Crippen LogP contribution in [0, 0.1) is 11.7 Å². The van der Waals surface area contributed by atoms with Crippen LogP contribution in [0.5, 0.6) is 0 Å². The predicted molar refractivity (Wildman–Crippen MR) is 125 cm³/mol. The molecule has 2 saturated carbocycles. The molecule has 1 heterocycles. The number of carbonyl (C=O) groups excluding carboxylic acids is 2. The van der Waals surface area contributed by atoms with E-state index < -0.39 is 0 Å². The molecule has 2 amide bonds. The zero-order valence-electron chi connectivity index (χ0n) is 20.1. The summed E-state index contributed by atoms with van der Waals surface area (Å²) in [4.78, 5) is 31.9. The Morgan fingerprint density at radius 2 is 1.94 bits per heavy atom. The fraction of sp³-hybridized carbons (Fsp3) is 0.692. The number of ketones is 1. The van der Waals surface area contributed by atoms with Crippen molar-refractivity contribution in [3.05, 3.63) is 35.6 Å². The molecule has 1 aliphatic heterocycles. The molecule has 1 saturated heterocycles. The molecular formula is C26H38FN3O3. The average Bonchev–Trinajstić information content (AvgIpc) is 3.00. The van der Waals surface area contributed by atoms with Gasteiger partial charge in [0.25, 0.3) is 0 Å². The summed E-state index contributed by atoms with van der Waals surface area (Å²) >= 11 is 0. The summed E-state index contributed by atoms with van der Waals surface area (Å²) < 4.78 is 14.1. The fourth-order valence-corrected chi connectivity index (χ4v) is 6.11. The van der Waals surface area contributed by atoms with E-state index in [1.165, 1.54) is 25.3 Å². The Labute approximate surface area is 196 Å². The number of hydrogen-bond donors (Lipinski definition) is 1. The van der Waals surface area contributed by atoms with Gasteiger partial charge in [0.1, 0.15) is 5.82 Å². The van der Waals surface area contributed by atoms with Crippen molar-refractivity contribution >= 4 is 11.8 Å². The molecule has 1 spiro atoms. The number of amides is 2. The zero-order valence-corrected chi connectivity index (χ0v) is 20.1. The first-order valence-electron chi connectivity index (χ1n) is 12.4. The Morgan fingerprint density at radius 1 is 1.21 bits per heavy atom. The van der Waals surface area contributed by atoms with Gasteiger partial charge in [-0.2, -0.15) is 0 Å². The summed E-state index contributed by atoms with van der Waals surface area (Å²) in [6, 6.07) is 6.91. The lowest BCUT2D eigenvalue weighted by Crippen LogP contribution is -2.56. The third-order valence-corrected chi connectivity index (χ3v) is 8.43. The van der Waals surface area contributed by atoms with Gasteiger partial charge in [0.05, 0.1) is 12.1 Å². The number of benzene rings is 1. The second-order valence-corrected chi connectivity index (χ2v) is 10.6. The molecule has 3 aliphatic rings. The van der Waals surface area contributed by atoms with Crippen molar-refractivity contribution < 1.29 is 19.1 Å². The summed E-state index contributed by atoms with van der Waals surface area (Å²) in [6.07, 6.45) is 7.65. The van der Waals surface area contributed by atoms with Crippen LogP contribution in [0.3, 0.4) is 0 Å². The Morgan fingerprint density at radius 3 is 2.52 bits per heavy atom. The summed E-state index contributed by atoms with van der Waals surface area (Å²) in [5, 5.41) is 9.04. The van der Waals surface area contributed by atoms with Crippen molar-refractivity contribution in [2.24, 2.45) is 5.92 Å². The van der Waals surface area contributed by atoms with Crippen LogP contribution in [-0.4, -0.2) is 77.5 Å². The van der Waals surface area contributed by atoms with E-state index in [0.717, 1.165) is 37.8 Å². The Bertz CT molecular complexity index is 862. The van der Waals surface area contributed by atoms with Gasteiger partial charge in [0.2, 0.25) is 0 Å². The van der Waals surface area contributed by atoms with E-state index in [2.05, 4.69) is 23.9 Å². The summed E-state index contributed by atoms with van der Waals surface area (Å²) in [7, 11) is 4.11. The molecule has 0 aromatic heterocycles. The predicted octanol–water partition coefficient (Wildman–Crippen LogP) is 3.77. The number of urea groups is 1. The van der Waals surface area contributed by atoms with Gasteiger partial charge in [-0.3, -0.25) is 9.69 Å². The van der Waals surface area contributed by atoms with Gasteiger partial charge in [-0.05, 0) is 82.7 Å². The van der Waals surface area contributed by atoms with Crippen molar-refractivity contribution in [1.29, 1.82) is 0 Å². The molecule has 33 heavy (non-hydrogen) atoms. The molecule has 2 aliphatic carbocycles. The molecule has 1 aromatic rings. The molecule has 0 atom stereocenters. The van der Waals surface area contributed by atoms with Crippen molar-refractivity contribution in [3.8, 4) is 0 Å². The van der Waals surface area contributed by atoms with E-state index in [1.807, 2.05) is 6.07 Å². The van der Waals surface area contributed by atoms with E-state index in [0.29, 0.717) is 25.3 Å². The van der Waals surface area contributed by atoms with Crippen LogP contribution in [0.15, 0.2) is 24.3 Å². The lowest BCUT2D eigenvalue weighted by molar-refractivity contribution is -0.119. The van der Waals surface area contributed by atoms with E-state index in [1.54, 1.807) is 17.0 Å². The van der Waals surface area contributed by atoms with Gasteiger partial charge in [0, 0.05) is 31.7 Å². The van der Waals surface area contributed by atoms with Crippen molar-refractivity contribution in [1.82, 2.24) is 14.7 Å². The van der Waals surface area contributed by atoms with E-state index in [-0.39, 0.29) is 41.9 Å². The number of aliphatic hydroxyl groups is 1. The zero-order chi connectivity index (χ0) is 23.6. The first-order chi connectivity index (χ1) is 15.8. The van der Waals surface area contributed by atoms with Crippen LogP contribution in [0.4, 0.5) is 9.18 Å². The number of carbonyl (C=O) groups is 2. The van der Waals surface area contributed by atoms with E-state index >= 15 is 0 Å². The lowest BCUT2D eigenvalue weighted by atomic mass is 9.68. The van der Waals surface area contributed by atoms with Crippen molar-refractivity contribution in [2.45, 2.75) is 68.9 Å². The van der Waals surface area contributed by atoms with Crippen LogP contribution in [0.1, 0.15) is 63.4 Å². The highest BCUT2D eigenvalue weighted by Crippen LogP contribution is 2.49. The quantitative estimate of drug-likeness (QED) is 0.611. The molecule has 0 unspecified atom stereocenters. The lowest BCUT2D eigenvalue weighted by Gasteiger charge is -2.51. The minimum atomic E-state index is -0.267. The second-order valence-electron chi connectivity index (χ2n) is 10.6. The maximum Gasteiger partial charge on any atom is 0.321 e. The standard InChI is InChI=1S/C26H38FN3O3/c1-28(2)26(21-8-4-9-22(27)16-21)13-11-25(12-14-26)19-29(18-23(32)10-5-15-31)24(33)30(25)17-20-6-3-7-20/h4,8-9,16,20,31H,3,5-7,10-15,17-19H2,1-2H3. The van der Waals surface area contributed by atoms with Gasteiger partial charge in [-0.1, -0.05) is 18.6 Å². The van der Waals surface area contributed by atoms with Gasteiger partial charge in [-0.25, -0.2) is 9.18 Å². The molecule has 1 aromatic carbocycles. The van der Waals surface area contributed by atoms with Crippen LogP contribution in [-0.2, 0) is 10.3 Å². The highest BCUT2D eigenvalue weighted by Gasteiger charge is 2.55. The van der Waals surface area contributed by atoms with Gasteiger partial charge >= 0.3 is 6.03 Å². The molecule has 4 rings (SSSR count). The largest absolute Gasteiger partial charge is 0.396 e. The maximum absolute atomic E-state index is 14.1. The first kappa shape index (κ1) is 24.1. The SMILES string of the molecule is CN(C)C1(c2cccc(F)c2)CCC2(CC1)CN(CC(=O)CCCO)C(=O)N2CC1CCC1. The summed E-state index contributed by atoms with van der Waals surface area (Å²) in [5.41, 5.74) is 0.466. The molecule has 3 fully saturated rings. The van der Waals surface area contributed by atoms with E-state index in [9.17, 15) is 14.0 Å². The molecule has 0 radical (unpaired) electrons. The topological polar surface area (TPSA) is 64.1 Å².